The third kappa shape index (κ3) is 4.00. The minimum Gasteiger partial charge on any atom is -0.450 e. The second-order valence-corrected chi connectivity index (χ2v) is 4.84. The second-order valence-electron chi connectivity index (χ2n) is 4.84. The number of nitrogens with zero attached hydrogens (tertiary/aromatic N) is 1. The summed E-state index contributed by atoms with van der Waals surface area (Å²) in [4.78, 5) is 34.5. The summed E-state index contributed by atoms with van der Waals surface area (Å²) in [5.41, 5.74) is 0.514. The number of ether oxygens (including phenoxy) is 1. The summed E-state index contributed by atoms with van der Waals surface area (Å²) in [6, 6.07) is 13.6. The van der Waals surface area contributed by atoms with E-state index in [1.807, 2.05) is 0 Å². The summed E-state index contributed by atoms with van der Waals surface area (Å²) in [5, 5.41) is 10.6. The number of ketones is 1. The van der Waals surface area contributed by atoms with E-state index in [1.165, 1.54) is 24.3 Å². The first-order chi connectivity index (χ1) is 11.0. The van der Waals surface area contributed by atoms with Crippen LogP contribution in [0, 0.1) is 10.1 Å². The van der Waals surface area contributed by atoms with E-state index in [0.29, 0.717) is 12.0 Å². The molecule has 2 aromatic rings. The SMILES string of the molecule is CCC(OC(=O)c1ccc([N+](=O)[O-])cc1)C(=O)c1ccccc1. The maximum absolute atomic E-state index is 12.3. The van der Waals surface area contributed by atoms with E-state index in [0.717, 1.165) is 0 Å². The molecule has 0 aliphatic carbocycles. The first-order valence-corrected chi connectivity index (χ1v) is 7.07. The summed E-state index contributed by atoms with van der Waals surface area (Å²) in [7, 11) is 0. The van der Waals surface area contributed by atoms with Crippen LogP contribution in [0.3, 0.4) is 0 Å². The average Bonchev–Trinajstić information content (AvgIpc) is 2.59. The quantitative estimate of drug-likeness (QED) is 0.353. The fourth-order valence-corrected chi connectivity index (χ4v) is 2.03. The summed E-state index contributed by atoms with van der Waals surface area (Å²) in [6.45, 7) is 1.74. The largest absolute Gasteiger partial charge is 0.450 e. The summed E-state index contributed by atoms with van der Waals surface area (Å²) < 4.78 is 5.24. The molecule has 0 amide bonds. The number of nitro groups is 1. The highest BCUT2D eigenvalue weighted by atomic mass is 16.6. The van der Waals surface area contributed by atoms with Crippen LogP contribution >= 0.6 is 0 Å². The van der Waals surface area contributed by atoms with Crippen LogP contribution in [0.2, 0.25) is 0 Å². The molecule has 118 valence electrons. The van der Waals surface area contributed by atoms with Crippen LogP contribution in [-0.2, 0) is 4.74 Å². The van der Waals surface area contributed by atoms with Crippen LogP contribution in [0.1, 0.15) is 34.1 Å². The van der Waals surface area contributed by atoms with Crippen molar-refractivity contribution in [1.82, 2.24) is 0 Å². The molecular formula is C17H15NO5. The molecule has 0 bridgehead atoms. The first-order valence-electron chi connectivity index (χ1n) is 7.07. The van der Waals surface area contributed by atoms with Crippen LogP contribution in [0.15, 0.2) is 54.6 Å². The fourth-order valence-electron chi connectivity index (χ4n) is 2.03. The second kappa shape index (κ2) is 7.31. The molecular weight excluding hydrogens is 298 g/mol. The van der Waals surface area contributed by atoms with Crippen molar-refractivity contribution in [2.45, 2.75) is 19.4 Å². The number of benzene rings is 2. The zero-order chi connectivity index (χ0) is 16.8. The number of esters is 1. The Labute approximate surface area is 132 Å². The van der Waals surface area contributed by atoms with Crippen molar-refractivity contribution >= 4 is 17.4 Å². The molecule has 2 rings (SSSR count). The van der Waals surface area contributed by atoms with E-state index in [9.17, 15) is 19.7 Å². The summed E-state index contributed by atoms with van der Waals surface area (Å²) in [6.07, 6.45) is -0.549. The number of non-ortho nitro benzene ring substituents is 1. The predicted molar refractivity (Wildman–Crippen MR) is 83.4 cm³/mol. The van der Waals surface area contributed by atoms with Crippen molar-refractivity contribution in [2.24, 2.45) is 0 Å². The molecule has 0 aliphatic heterocycles. The van der Waals surface area contributed by atoms with E-state index in [1.54, 1.807) is 37.3 Å². The van der Waals surface area contributed by atoms with Gasteiger partial charge < -0.3 is 4.74 Å². The summed E-state index contributed by atoms with van der Waals surface area (Å²) in [5.74, 6) is -0.959. The van der Waals surface area contributed by atoms with Crippen molar-refractivity contribution in [3.8, 4) is 0 Å². The van der Waals surface area contributed by atoms with Gasteiger partial charge >= 0.3 is 5.97 Å². The van der Waals surface area contributed by atoms with Gasteiger partial charge in [-0.1, -0.05) is 37.3 Å². The van der Waals surface area contributed by atoms with Gasteiger partial charge in [0.2, 0.25) is 5.78 Å². The lowest BCUT2D eigenvalue weighted by atomic mass is 10.0. The third-order valence-electron chi connectivity index (χ3n) is 3.28. The van der Waals surface area contributed by atoms with Crippen LogP contribution in [0.25, 0.3) is 0 Å². The zero-order valence-electron chi connectivity index (χ0n) is 12.5. The molecule has 23 heavy (non-hydrogen) atoms. The highest BCUT2D eigenvalue weighted by Crippen LogP contribution is 2.15. The highest BCUT2D eigenvalue weighted by molar-refractivity contribution is 6.01. The number of hydrogen-bond donors (Lipinski definition) is 0. The summed E-state index contributed by atoms with van der Waals surface area (Å²) >= 11 is 0. The van der Waals surface area contributed by atoms with E-state index in [-0.39, 0.29) is 17.0 Å². The minimum absolute atomic E-state index is 0.117. The maximum Gasteiger partial charge on any atom is 0.338 e. The molecule has 0 aliphatic rings. The molecule has 0 N–H and O–H groups in total. The van der Waals surface area contributed by atoms with Gasteiger partial charge in [0.1, 0.15) is 0 Å². The molecule has 0 heterocycles. The molecule has 1 atom stereocenters. The van der Waals surface area contributed by atoms with Crippen LogP contribution < -0.4 is 0 Å². The number of Topliss-reactive ketones (excluding diaryl/α,β-unsaturated/α-hetero) is 1. The van der Waals surface area contributed by atoms with Crippen molar-refractivity contribution in [2.75, 3.05) is 0 Å². The van der Waals surface area contributed by atoms with Gasteiger partial charge in [0.15, 0.2) is 6.10 Å². The normalized spacial score (nSPS) is 11.5. The van der Waals surface area contributed by atoms with Crippen LogP contribution in [0.4, 0.5) is 5.69 Å². The lowest BCUT2D eigenvalue weighted by molar-refractivity contribution is -0.384. The molecule has 0 saturated carbocycles. The Bertz CT molecular complexity index is 710. The smallest absolute Gasteiger partial charge is 0.338 e. The highest BCUT2D eigenvalue weighted by Gasteiger charge is 2.23. The number of carbonyl (C=O) groups excluding carboxylic acids is 2. The molecule has 6 nitrogen and oxygen atoms in total. The number of hydrogen-bond acceptors (Lipinski definition) is 5. The van der Waals surface area contributed by atoms with Crippen LogP contribution in [-0.4, -0.2) is 22.8 Å². The molecule has 6 heteroatoms. The molecule has 1 unspecified atom stereocenters. The number of rotatable bonds is 6. The van der Waals surface area contributed by atoms with Gasteiger partial charge in [-0.2, -0.15) is 0 Å². The van der Waals surface area contributed by atoms with E-state index < -0.39 is 17.0 Å². The van der Waals surface area contributed by atoms with Crippen molar-refractivity contribution in [3.05, 3.63) is 75.8 Å². The Morgan fingerprint density at radius 3 is 2.17 bits per heavy atom. The standard InChI is InChI=1S/C17H15NO5/c1-2-15(16(19)12-6-4-3-5-7-12)23-17(20)13-8-10-14(11-9-13)18(21)22/h3-11,15H,2H2,1H3. The Morgan fingerprint density at radius 1 is 1.04 bits per heavy atom. The average molecular weight is 313 g/mol. The van der Waals surface area contributed by atoms with Gasteiger partial charge in [-0.05, 0) is 18.6 Å². The van der Waals surface area contributed by atoms with Gasteiger partial charge in [0.25, 0.3) is 5.69 Å². The number of carbonyl (C=O) groups is 2. The third-order valence-corrected chi connectivity index (χ3v) is 3.28. The molecule has 0 aromatic heterocycles. The van der Waals surface area contributed by atoms with E-state index in [2.05, 4.69) is 0 Å². The first kappa shape index (κ1) is 16.4. The molecule has 0 saturated heterocycles. The van der Waals surface area contributed by atoms with E-state index >= 15 is 0 Å². The number of nitro benzene ring substituents is 1. The monoisotopic (exact) mass is 313 g/mol. The Balaban J connectivity index is 2.10. The maximum atomic E-state index is 12.3. The topological polar surface area (TPSA) is 86.5 Å². The Morgan fingerprint density at radius 2 is 1.65 bits per heavy atom. The van der Waals surface area contributed by atoms with E-state index in [4.69, 9.17) is 4.74 Å². The molecule has 0 spiro atoms. The van der Waals surface area contributed by atoms with Gasteiger partial charge in [-0.15, -0.1) is 0 Å². The van der Waals surface area contributed by atoms with Gasteiger partial charge in [0.05, 0.1) is 10.5 Å². The van der Waals surface area contributed by atoms with Gasteiger partial charge in [-0.3, -0.25) is 14.9 Å². The van der Waals surface area contributed by atoms with Crippen molar-refractivity contribution < 1.29 is 19.2 Å². The molecule has 0 radical (unpaired) electrons. The van der Waals surface area contributed by atoms with Crippen molar-refractivity contribution in [1.29, 1.82) is 0 Å². The molecule has 2 aromatic carbocycles. The minimum atomic E-state index is -0.889. The Kier molecular flexibility index (Phi) is 5.19. The van der Waals surface area contributed by atoms with Gasteiger partial charge in [-0.25, -0.2) is 4.79 Å². The molecule has 0 fully saturated rings. The fraction of sp³-hybridized carbons (Fsp3) is 0.176. The lowest BCUT2D eigenvalue weighted by Crippen LogP contribution is -2.26. The zero-order valence-corrected chi connectivity index (χ0v) is 12.5. The Hall–Kier alpha value is -3.02. The predicted octanol–water partition coefficient (Wildman–Crippen LogP) is 3.41. The van der Waals surface area contributed by atoms with Crippen molar-refractivity contribution in [3.63, 3.8) is 0 Å². The van der Waals surface area contributed by atoms with Gasteiger partial charge in [0, 0.05) is 17.7 Å². The lowest BCUT2D eigenvalue weighted by Gasteiger charge is -2.15. The van der Waals surface area contributed by atoms with Crippen LogP contribution in [0.5, 0.6) is 0 Å².